The molecule has 1 aromatic carbocycles. The van der Waals surface area contributed by atoms with Gasteiger partial charge in [0.05, 0.1) is 13.2 Å². The van der Waals surface area contributed by atoms with Crippen LogP contribution in [-0.2, 0) is 9.47 Å². The molecule has 2 aliphatic heterocycles. The van der Waals surface area contributed by atoms with E-state index in [2.05, 4.69) is 39.2 Å². The van der Waals surface area contributed by atoms with E-state index < -0.39 is 0 Å². The number of rotatable bonds is 7. The number of piperazine rings is 1. The first kappa shape index (κ1) is 21.2. The molecule has 2 aliphatic rings. The van der Waals surface area contributed by atoms with Crippen LogP contribution in [0.5, 0.6) is 0 Å². The van der Waals surface area contributed by atoms with Crippen molar-refractivity contribution in [1.29, 1.82) is 0 Å². The minimum absolute atomic E-state index is 0.583. The third kappa shape index (κ3) is 6.00. The number of hydrogen-bond donors (Lipinski definition) is 1. The Bertz CT molecular complexity index is 641. The topological polar surface area (TPSA) is 49.3 Å². The Labute approximate surface area is 173 Å². The van der Waals surface area contributed by atoms with Crippen LogP contribution in [0.25, 0.3) is 0 Å². The molecule has 28 heavy (non-hydrogen) atoms. The average Bonchev–Trinajstić information content (AvgIpc) is 3.23. The fourth-order valence-electron chi connectivity index (χ4n) is 3.75. The van der Waals surface area contributed by atoms with Crippen molar-refractivity contribution in [3.8, 4) is 0 Å². The number of benzene rings is 1. The zero-order valence-corrected chi connectivity index (χ0v) is 17.9. The maximum absolute atomic E-state index is 6.19. The number of hydrogen-bond acceptors (Lipinski definition) is 4. The van der Waals surface area contributed by atoms with E-state index in [1.807, 2.05) is 13.1 Å². The molecule has 1 unspecified atom stereocenters. The normalized spacial score (nSPS) is 20.7. The van der Waals surface area contributed by atoms with E-state index in [-0.39, 0.29) is 0 Å². The van der Waals surface area contributed by atoms with Crippen LogP contribution in [0.4, 0.5) is 5.69 Å². The number of anilines is 1. The van der Waals surface area contributed by atoms with E-state index in [0.717, 1.165) is 83.0 Å². The number of aryl methyl sites for hydroxylation is 1. The molecular weight excluding hydrogens is 376 g/mol. The van der Waals surface area contributed by atoms with Gasteiger partial charge in [-0.2, -0.15) is 0 Å². The molecule has 1 N–H and O–H groups in total. The van der Waals surface area contributed by atoms with Gasteiger partial charge in [-0.05, 0) is 37.5 Å². The van der Waals surface area contributed by atoms with Gasteiger partial charge in [0.1, 0.15) is 0 Å². The van der Waals surface area contributed by atoms with Crippen LogP contribution in [0, 0.1) is 12.8 Å². The lowest BCUT2D eigenvalue weighted by Gasteiger charge is -2.38. The van der Waals surface area contributed by atoms with Crippen LogP contribution < -0.4 is 10.2 Å². The molecule has 0 aromatic heterocycles. The molecule has 0 aliphatic carbocycles. The van der Waals surface area contributed by atoms with E-state index in [9.17, 15) is 0 Å². The monoisotopic (exact) mass is 408 g/mol. The predicted octanol–water partition coefficient (Wildman–Crippen LogP) is 2.79. The third-order valence-corrected chi connectivity index (χ3v) is 5.66. The zero-order valence-electron chi connectivity index (χ0n) is 17.1. The van der Waals surface area contributed by atoms with Crippen molar-refractivity contribution in [2.45, 2.75) is 19.8 Å². The molecule has 0 bridgehead atoms. The van der Waals surface area contributed by atoms with E-state index >= 15 is 0 Å². The lowest BCUT2D eigenvalue weighted by Crippen LogP contribution is -2.52. The van der Waals surface area contributed by atoms with Gasteiger partial charge in [-0.1, -0.05) is 17.7 Å². The first-order valence-corrected chi connectivity index (χ1v) is 10.7. The molecule has 0 saturated carbocycles. The third-order valence-electron chi connectivity index (χ3n) is 5.43. The standard InChI is InChI=1S/C21H33ClN4O2/c1-17-4-5-19(22)14-20(17)25-8-10-26(11-9-25)21(23-2)24-7-3-12-27-15-18-6-13-28-16-18/h4-5,14,18H,3,6-13,15-16H2,1-2H3,(H,23,24). The largest absolute Gasteiger partial charge is 0.381 e. The number of nitrogens with zero attached hydrogens (tertiary/aromatic N) is 3. The highest BCUT2D eigenvalue weighted by molar-refractivity contribution is 6.30. The minimum Gasteiger partial charge on any atom is -0.381 e. The molecule has 7 heteroatoms. The van der Waals surface area contributed by atoms with Crippen molar-refractivity contribution in [1.82, 2.24) is 10.2 Å². The first-order chi connectivity index (χ1) is 13.7. The smallest absolute Gasteiger partial charge is 0.193 e. The summed E-state index contributed by atoms with van der Waals surface area (Å²) in [6.07, 6.45) is 2.11. The maximum atomic E-state index is 6.19. The molecule has 0 spiro atoms. The SMILES string of the molecule is CN=C(NCCCOCC1CCOC1)N1CCN(c2cc(Cl)ccc2C)CC1. The molecule has 156 valence electrons. The summed E-state index contributed by atoms with van der Waals surface area (Å²) >= 11 is 6.19. The molecule has 3 rings (SSSR count). The number of aliphatic imine (C=N–C) groups is 1. The summed E-state index contributed by atoms with van der Waals surface area (Å²) in [5.74, 6) is 1.56. The first-order valence-electron chi connectivity index (χ1n) is 10.3. The van der Waals surface area contributed by atoms with Crippen molar-refractivity contribution < 1.29 is 9.47 Å². The van der Waals surface area contributed by atoms with E-state index in [1.165, 1.54) is 11.3 Å². The summed E-state index contributed by atoms with van der Waals surface area (Å²) in [6, 6.07) is 6.11. The highest BCUT2D eigenvalue weighted by Crippen LogP contribution is 2.25. The van der Waals surface area contributed by atoms with Gasteiger partial charge in [0.25, 0.3) is 0 Å². The Morgan fingerprint density at radius 2 is 2.14 bits per heavy atom. The Balaban J connectivity index is 1.36. The minimum atomic E-state index is 0.583. The summed E-state index contributed by atoms with van der Waals surface area (Å²) in [5, 5.41) is 4.27. The van der Waals surface area contributed by atoms with Crippen LogP contribution in [0.15, 0.2) is 23.2 Å². The Morgan fingerprint density at radius 3 is 2.86 bits per heavy atom. The fourth-order valence-corrected chi connectivity index (χ4v) is 3.92. The highest BCUT2D eigenvalue weighted by Gasteiger charge is 2.21. The molecule has 2 fully saturated rings. The van der Waals surface area contributed by atoms with E-state index in [0.29, 0.717) is 5.92 Å². The van der Waals surface area contributed by atoms with Gasteiger partial charge in [0.2, 0.25) is 0 Å². The molecule has 1 atom stereocenters. The van der Waals surface area contributed by atoms with Crippen molar-refractivity contribution >= 4 is 23.2 Å². The van der Waals surface area contributed by atoms with Gasteiger partial charge < -0.3 is 24.6 Å². The second kappa shape index (κ2) is 10.9. The van der Waals surface area contributed by atoms with Crippen molar-refractivity contribution in [2.24, 2.45) is 10.9 Å². The lowest BCUT2D eigenvalue weighted by molar-refractivity contribution is 0.0887. The second-order valence-corrected chi connectivity index (χ2v) is 7.97. The van der Waals surface area contributed by atoms with E-state index in [4.69, 9.17) is 21.1 Å². The second-order valence-electron chi connectivity index (χ2n) is 7.54. The zero-order chi connectivity index (χ0) is 19.8. The summed E-state index contributed by atoms with van der Waals surface area (Å²) in [5.41, 5.74) is 2.50. The van der Waals surface area contributed by atoms with Gasteiger partial charge in [-0.25, -0.2) is 0 Å². The van der Waals surface area contributed by atoms with Gasteiger partial charge in [0.15, 0.2) is 5.96 Å². The van der Waals surface area contributed by atoms with Crippen LogP contribution in [0.1, 0.15) is 18.4 Å². The van der Waals surface area contributed by atoms with Crippen LogP contribution in [-0.4, -0.2) is 77.1 Å². The fraction of sp³-hybridized carbons (Fsp3) is 0.667. The maximum Gasteiger partial charge on any atom is 0.193 e. The van der Waals surface area contributed by atoms with Crippen molar-refractivity contribution in [3.05, 3.63) is 28.8 Å². The quantitative estimate of drug-likeness (QED) is 0.427. The Hall–Kier alpha value is -1.50. The van der Waals surface area contributed by atoms with Crippen LogP contribution in [0.2, 0.25) is 5.02 Å². The van der Waals surface area contributed by atoms with Crippen LogP contribution >= 0.6 is 11.6 Å². The average molecular weight is 409 g/mol. The Kier molecular flexibility index (Phi) is 8.25. The molecule has 1 aromatic rings. The van der Waals surface area contributed by atoms with E-state index in [1.54, 1.807) is 0 Å². The van der Waals surface area contributed by atoms with Gasteiger partial charge in [0, 0.05) is 69.6 Å². The van der Waals surface area contributed by atoms with Crippen molar-refractivity contribution in [3.63, 3.8) is 0 Å². The molecule has 2 saturated heterocycles. The van der Waals surface area contributed by atoms with Gasteiger partial charge in [-0.3, -0.25) is 4.99 Å². The predicted molar refractivity (Wildman–Crippen MR) is 116 cm³/mol. The highest BCUT2D eigenvalue weighted by atomic mass is 35.5. The number of ether oxygens (including phenoxy) is 2. The molecule has 6 nitrogen and oxygen atoms in total. The number of nitrogens with one attached hydrogen (secondary N) is 1. The molecule has 0 radical (unpaired) electrons. The molecule has 0 amide bonds. The Morgan fingerprint density at radius 1 is 1.32 bits per heavy atom. The van der Waals surface area contributed by atoms with Gasteiger partial charge >= 0.3 is 0 Å². The summed E-state index contributed by atoms with van der Waals surface area (Å²) in [7, 11) is 1.85. The lowest BCUT2D eigenvalue weighted by atomic mass is 10.1. The summed E-state index contributed by atoms with van der Waals surface area (Å²) < 4.78 is 11.1. The van der Waals surface area contributed by atoms with Crippen molar-refractivity contribution in [2.75, 3.05) is 71.1 Å². The van der Waals surface area contributed by atoms with Crippen LogP contribution in [0.3, 0.4) is 0 Å². The van der Waals surface area contributed by atoms with Gasteiger partial charge in [-0.15, -0.1) is 0 Å². The number of halogens is 1. The summed E-state index contributed by atoms with van der Waals surface area (Å²) in [6.45, 7) is 10.2. The summed E-state index contributed by atoms with van der Waals surface area (Å²) in [4.78, 5) is 9.19. The number of guanidine groups is 1. The molecule has 2 heterocycles. The molecular formula is C21H33ClN4O2.